The van der Waals surface area contributed by atoms with E-state index in [-0.39, 0.29) is 17.3 Å². The quantitative estimate of drug-likeness (QED) is 0.564. The van der Waals surface area contributed by atoms with Crippen molar-refractivity contribution in [2.45, 2.75) is 19.8 Å². The molecule has 18 heavy (non-hydrogen) atoms. The highest BCUT2D eigenvalue weighted by atomic mass is 16.2. The van der Waals surface area contributed by atoms with E-state index < -0.39 is 0 Å². The van der Waals surface area contributed by atoms with Crippen LogP contribution in [-0.2, 0) is 6.42 Å². The molecule has 0 aromatic carbocycles. The molecule has 0 aliphatic carbocycles. The summed E-state index contributed by atoms with van der Waals surface area (Å²) in [5.41, 5.74) is 2.07. The molecule has 2 aromatic heterocycles. The number of aryl methyl sites for hydroxylation is 2. The molecular formula is C11H15N5O2. The molecule has 2 aromatic rings. The van der Waals surface area contributed by atoms with Gasteiger partial charge in [0.1, 0.15) is 5.69 Å². The molecule has 2 heterocycles. The molecule has 0 aliphatic heterocycles. The summed E-state index contributed by atoms with van der Waals surface area (Å²) in [7, 11) is 0. The number of amides is 1. The van der Waals surface area contributed by atoms with Crippen LogP contribution in [-0.4, -0.2) is 32.6 Å². The first-order valence-electron chi connectivity index (χ1n) is 5.71. The van der Waals surface area contributed by atoms with E-state index in [1.807, 2.05) is 6.92 Å². The number of aromatic nitrogens is 4. The molecule has 0 radical (unpaired) electrons. The zero-order valence-corrected chi connectivity index (χ0v) is 10.0. The third kappa shape index (κ3) is 2.88. The molecule has 1 amide bonds. The number of hydrogen-bond donors (Lipinski definition) is 4. The van der Waals surface area contributed by atoms with Crippen molar-refractivity contribution in [3.63, 3.8) is 0 Å². The lowest BCUT2D eigenvalue weighted by Gasteiger charge is -2.02. The Bertz CT molecular complexity index is 580. The van der Waals surface area contributed by atoms with E-state index in [1.165, 1.54) is 6.20 Å². The van der Waals surface area contributed by atoms with Crippen molar-refractivity contribution in [2.24, 2.45) is 0 Å². The van der Waals surface area contributed by atoms with Crippen LogP contribution in [0.4, 0.5) is 0 Å². The summed E-state index contributed by atoms with van der Waals surface area (Å²) < 4.78 is 0. The fourth-order valence-corrected chi connectivity index (χ4v) is 1.66. The number of nitrogens with zero attached hydrogens (tertiary/aromatic N) is 1. The van der Waals surface area contributed by atoms with Gasteiger partial charge in [0.05, 0.1) is 6.20 Å². The van der Waals surface area contributed by atoms with Crippen LogP contribution in [0.15, 0.2) is 17.2 Å². The Kier molecular flexibility index (Phi) is 3.61. The lowest BCUT2D eigenvalue weighted by molar-refractivity contribution is 0.0948. The summed E-state index contributed by atoms with van der Waals surface area (Å²) in [6.07, 6.45) is 4.83. The zero-order valence-electron chi connectivity index (χ0n) is 10.0. The van der Waals surface area contributed by atoms with Crippen LogP contribution in [0.1, 0.15) is 28.2 Å². The fraction of sp³-hybridized carbons (Fsp3) is 0.364. The number of hydrogen-bond acceptors (Lipinski definition) is 3. The van der Waals surface area contributed by atoms with Gasteiger partial charge in [-0.1, -0.05) is 0 Å². The minimum Gasteiger partial charge on any atom is -0.351 e. The molecule has 0 saturated heterocycles. The summed E-state index contributed by atoms with van der Waals surface area (Å²) in [5, 5.41) is 9.53. The highest BCUT2D eigenvalue weighted by Gasteiger charge is 2.07. The zero-order chi connectivity index (χ0) is 13.0. The van der Waals surface area contributed by atoms with E-state index >= 15 is 0 Å². The van der Waals surface area contributed by atoms with E-state index in [0.717, 1.165) is 24.1 Å². The molecule has 2 rings (SSSR count). The van der Waals surface area contributed by atoms with Gasteiger partial charge in [0, 0.05) is 18.4 Å². The van der Waals surface area contributed by atoms with Crippen LogP contribution in [0, 0.1) is 6.92 Å². The Morgan fingerprint density at radius 1 is 1.50 bits per heavy atom. The minimum absolute atomic E-state index is 0.250. The molecule has 7 nitrogen and oxygen atoms in total. The predicted molar refractivity (Wildman–Crippen MR) is 65.4 cm³/mol. The second kappa shape index (κ2) is 5.35. The van der Waals surface area contributed by atoms with E-state index in [4.69, 9.17) is 0 Å². The number of nitrogens with one attached hydrogen (secondary N) is 4. The molecule has 7 heteroatoms. The average molecular weight is 249 g/mol. The summed E-state index contributed by atoms with van der Waals surface area (Å²) in [4.78, 5) is 27.2. The van der Waals surface area contributed by atoms with Gasteiger partial charge in [0.2, 0.25) is 0 Å². The van der Waals surface area contributed by atoms with Gasteiger partial charge < -0.3 is 15.3 Å². The first kappa shape index (κ1) is 12.2. The molecule has 0 atom stereocenters. The maximum Gasteiger partial charge on any atom is 0.323 e. The van der Waals surface area contributed by atoms with E-state index in [1.54, 1.807) is 6.20 Å². The Hall–Kier alpha value is -2.31. The van der Waals surface area contributed by atoms with Gasteiger partial charge in [-0.05, 0) is 25.3 Å². The maximum absolute atomic E-state index is 11.6. The number of aromatic amines is 3. The van der Waals surface area contributed by atoms with E-state index in [0.29, 0.717) is 6.54 Å². The Labute approximate surface area is 103 Å². The number of carbonyl (C=O) groups is 1. The second-order valence-electron chi connectivity index (χ2n) is 4.04. The average Bonchev–Trinajstić information content (AvgIpc) is 2.94. The normalized spacial score (nSPS) is 10.5. The Morgan fingerprint density at radius 2 is 2.33 bits per heavy atom. The van der Waals surface area contributed by atoms with Crippen LogP contribution < -0.4 is 11.0 Å². The van der Waals surface area contributed by atoms with Crippen molar-refractivity contribution in [3.8, 4) is 0 Å². The number of rotatable bonds is 5. The summed E-state index contributed by atoms with van der Waals surface area (Å²) in [5.74, 6) is -0.280. The van der Waals surface area contributed by atoms with Gasteiger partial charge in [-0.25, -0.2) is 4.79 Å². The van der Waals surface area contributed by atoms with Gasteiger partial charge in [0.15, 0.2) is 0 Å². The number of carbonyl (C=O) groups excluding carboxylic acids is 1. The number of H-pyrrole nitrogens is 3. The van der Waals surface area contributed by atoms with Crippen LogP contribution in [0.3, 0.4) is 0 Å². The summed E-state index contributed by atoms with van der Waals surface area (Å²) >= 11 is 0. The number of imidazole rings is 1. The van der Waals surface area contributed by atoms with Gasteiger partial charge in [-0.15, -0.1) is 0 Å². The summed E-state index contributed by atoms with van der Waals surface area (Å²) in [6.45, 7) is 2.52. The van der Waals surface area contributed by atoms with Crippen molar-refractivity contribution < 1.29 is 4.79 Å². The first-order valence-corrected chi connectivity index (χ1v) is 5.71. The van der Waals surface area contributed by atoms with Gasteiger partial charge in [0.25, 0.3) is 5.91 Å². The highest BCUT2D eigenvalue weighted by molar-refractivity contribution is 5.91. The van der Waals surface area contributed by atoms with Gasteiger partial charge in [-0.3, -0.25) is 9.89 Å². The van der Waals surface area contributed by atoms with Crippen LogP contribution in [0.25, 0.3) is 0 Å². The molecular weight excluding hydrogens is 234 g/mol. The molecule has 0 saturated carbocycles. The van der Waals surface area contributed by atoms with Crippen LogP contribution in [0.5, 0.6) is 0 Å². The second-order valence-corrected chi connectivity index (χ2v) is 4.04. The monoisotopic (exact) mass is 249 g/mol. The first-order chi connectivity index (χ1) is 8.66. The SMILES string of the molecule is Cc1[nH]ncc1CCCNC(=O)c1c[nH]c(=O)[nH]1. The molecule has 0 bridgehead atoms. The smallest absolute Gasteiger partial charge is 0.323 e. The summed E-state index contributed by atoms with van der Waals surface area (Å²) in [6, 6.07) is 0. The Balaban J connectivity index is 1.74. The Morgan fingerprint density at radius 3 is 2.94 bits per heavy atom. The fourth-order valence-electron chi connectivity index (χ4n) is 1.66. The van der Waals surface area contributed by atoms with Gasteiger partial charge >= 0.3 is 5.69 Å². The van der Waals surface area contributed by atoms with E-state index in [2.05, 4.69) is 25.5 Å². The molecule has 0 unspecified atom stereocenters. The highest BCUT2D eigenvalue weighted by Crippen LogP contribution is 2.05. The lowest BCUT2D eigenvalue weighted by atomic mass is 10.1. The van der Waals surface area contributed by atoms with E-state index in [9.17, 15) is 9.59 Å². The third-order valence-corrected chi connectivity index (χ3v) is 2.68. The molecule has 0 fully saturated rings. The molecule has 96 valence electrons. The third-order valence-electron chi connectivity index (χ3n) is 2.68. The van der Waals surface area contributed by atoms with Crippen molar-refractivity contribution in [1.82, 2.24) is 25.5 Å². The topological polar surface area (TPSA) is 106 Å². The van der Waals surface area contributed by atoms with Crippen molar-refractivity contribution in [2.75, 3.05) is 6.54 Å². The van der Waals surface area contributed by atoms with Crippen molar-refractivity contribution in [3.05, 3.63) is 39.8 Å². The maximum atomic E-state index is 11.6. The van der Waals surface area contributed by atoms with Crippen LogP contribution in [0.2, 0.25) is 0 Å². The van der Waals surface area contributed by atoms with Crippen LogP contribution >= 0.6 is 0 Å². The van der Waals surface area contributed by atoms with Crippen molar-refractivity contribution in [1.29, 1.82) is 0 Å². The molecule has 0 spiro atoms. The largest absolute Gasteiger partial charge is 0.351 e. The lowest BCUT2D eigenvalue weighted by Crippen LogP contribution is -2.25. The van der Waals surface area contributed by atoms with Crippen molar-refractivity contribution >= 4 is 5.91 Å². The minimum atomic E-state index is -0.380. The molecule has 0 aliphatic rings. The predicted octanol–water partition coefficient (Wildman–Crippen LogP) is 0.0971. The van der Waals surface area contributed by atoms with Gasteiger partial charge in [-0.2, -0.15) is 5.10 Å². The standard InChI is InChI=1S/C11H15N5O2/c1-7-8(5-14-16-7)3-2-4-12-10(17)9-6-13-11(18)15-9/h5-6H,2-4H2,1H3,(H,12,17)(H,14,16)(H2,13,15,18). The molecule has 4 N–H and O–H groups in total.